The Labute approximate surface area is 137 Å². The maximum atomic E-state index is 11.7. The number of amides is 1. The molecule has 120 valence electrons. The second kappa shape index (κ2) is 9.71. The summed E-state index contributed by atoms with van der Waals surface area (Å²) in [4.78, 5) is 11.7. The number of carbonyl (C=O) groups is 1. The zero-order valence-electron chi connectivity index (χ0n) is 12.0. The molecule has 5 nitrogen and oxygen atoms in total. The van der Waals surface area contributed by atoms with Gasteiger partial charge in [0.2, 0.25) is 5.91 Å². The van der Waals surface area contributed by atoms with Gasteiger partial charge in [0.15, 0.2) is 0 Å². The summed E-state index contributed by atoms with van der Waals surface area (Å²) in [5.41, 5.74) is 6.74. The molecule has 0 saturated heterocycles. The first kappa shape index (κ1) is 19.8. The van der Waals surface area contributed by atoms with Gasteiger partial charge in [0.05, 0.1) is 19.3 Å². The van der Waals surface area contributed by atoms with Gasteiger partial charge in [0, 0.05) is 12.6 Å². The van der Waals surface area contributed by atoms with Crippen LogP contribution in [0.1, 0.15) is 12.8 Å². The molecule has 1 amide bonds. The van der Waals surface area contributed by atoms with Gasteiger partial charge in [-0.1, -0.05) is 12.1 Å². The summed E-state index contributed by atoms with van der Waals surface area (Å²) in [6.45, 7) is 0.773. The fourth-order valence-corrected chi connectivity index (χ4v) is 1.95. The highest BCUT2D eigenvalue weighted by Gasteiger charge is 2.28. The van der Waals surface area contributed by atoms with Crippen LogP contribution in [0.25, 0.3) is 0 Å². The van der Waals surface area contributed by atoms with Crippen LogP contribution in [0.3, 0.4) is 0 Å². The van der Waals surface area contributed by atoms with Gasteiger partial charge in [0.25, 0.3) is 0 Å². The van der Waals surface area contributed by atoms with E-state index in [4.69, 9.17) is 10.5 Å². The second-order valence-electron chi connectivity index (χ2n) is 4.86. The summed E-state index contributed by atoms with van der Waals surface area (Å²) in [5.74, 6) is 1.27. The summed E-state index contributed by atoms with van der Waals surface area (Å²) in [6, 6.07) is 7.60. The smallest absolute Gasteiger partial charge is 0.239 e. The third-order valence-electron chi connectivity index (χ3n) is 3.31. The molecule has 1 aliphatic carbocycles. The van der Waals surface area contributed by atoms with Crippen LogP contribution in [0.5, 0.6) is 5.75 Å². The molecule has 0 radical (unpaired) electrons. The lowest BCUT2D eigenvalue weighted by atomic mass is 10.2. The van der Waals surface area contributed by atoms with Gasteiger partial charge in [-0.2, -0.15) is 0 Å². The highest BCUT2D eigenvalue weighted by Crippen LogP contribution is 2.31. The van der Waals surface area contributed by atoms with E-state index in [9.17, 15) is 4.79 Å². The van der Waals surface area contributed by atoms with E-state index in [0.29, 0.717) is 12.5 Å². The quantitative estimate of drug-likeness (QED) is 0.710. The third kappa shape index (κ3) is 6.42. The Morgan fingerprint density at radius 3 is 2.67 bits per heavy atom. The van der Waals surface area contributed by atoms with Crippen molar-refractivity contribution in [2.24, 2.45) is 11.7 Å². The molecule has 0 bridgehead atoms. The zero-order chi connectivity index (χ0) is 13.7. The lowest BCUT2D eigenvalue weighted by Crippen LogP contribution is -2.40. The molecule has 1 atom stereocenters. The number of hydrogen-bond donors (Lipinski definition) is 3. The topological polar surface area (TPSA) is 76.4 Å². The third-order valence-corrected chi connectivity index (χ3v) is 3.31. The molecule has 0 spiro atoms. The lowest BCUT2D eigenvalue weighted by molar-refractivity contribution is -0.119. The van der Waals surface area contributed by atoms with E-state index >= 15 is 0 Å². The first-order valence-electron chi connectivity index (χ1n) is 6.60. The fourth-order valence-electron chi connectivity index (χ4n) is 1.95. The monoisotopic (exact) mass is 335 g/mol. The Balaban J connectivity index is 0.00000200. The normalized spacial score (nSPS) is 14.2. The Bertz CT molecular complexity index is 442. The summed E-state index contributed by atoms with van der Waals surface area (Å²) < 4.78 is 5.20. The Morgan fingerprint density at radius 2 is 2.05 bits per heavy atom. The molecule has 0 aromatic heterocycles. The highest BCUT2D eigenvalue weighted by atomic mass is 35.5. The average Bonchev–Trinajstić information content (AvgIpc) is 3.27. The molecule has 0 aliphatic heterocycles. The van der Waals surface area contributed by atoms with Crippen LogP contribution < -0.4 is 21.1 Å². The van der Waals surface area contributed by atoms with Crippen molar-refractivity contribution in [2.45, 2.75) is 18.9 Å². The van der Waals surface area contributed by atoms with E-state index in [-0.39, 0.29) is 43.3 Å². The summed E-state index contributed by atoms with van der Waals surface area (Å²) in [6.07, 6.45) is 2.38. The number of ether oxygens (including phenoxy) is 1. The fraction of sp³-hybridized carbons (Fsp3) is 0.500. The van der Waals surface area contributed by atoms with Crippen molar-refractivity contribution in [3.63, 3.8) is 0 Å². The van der Waals surface area contributed by atoms with Gasteiger partial charge in [-0.25, -0.2) is 0 Å². The first-order valence-corrected chi connectivity index (χ1v) is 6.60. The predicted octanol–water partition coefficient (Wildman–Crippen LogP) is 1.80. The van der Waals surface area contributed by atoms with Gasteiger partial charge in [-0.3, -0.25) is 4.79 Å². The molecule has 1 aromatic rings. The summed E-state index contributed by atoms with van der Waals surface area (Å²) in [7, 11) is 1.61. The van der Waals surface area contributed by atoms with Crippen LogP contribution >= 0.6 is 24.8 Å². The number of rotatable bonds is 7. The number of para-hydroxylation sites is 2. The molecule has 1 aromatic carbocycles. The van der Waals surface area contributed by atoms with Crippen molar-refractivity contribution < 1.29 is 9.53 Å². The number of halogens is 2. The van der Waals surface area contributed by atoms with E-state index < -0.39 is 0 Å². The van der Waals surface area contributed by atoms with Crippen molar-refractivity contribution in [1.82, 2.24) is 5.32 Å². The minimum atomic E-state index is -0.0537. The van der Waals surface area contributed by atoms with E-state index in [2.05, 4.69) is 10.6 Å². The minimum absolute atomic E-state index is 0. The largest absolute Gasteiger partial charge is 0.495 e. The predicted molar refractivity (Wildman–Crippen MR) is 89.7 cm³/mol. The van der Waals surface area contributed by atoms with Crippen molar-refractivity contribution >= 4 is 36.4 Å². The number of nitrogens with one attached hydrogen (secondary N) is 2. The SMILES string of the molecule is COc1ccccc1NCC(=O)NCC(N)C1CC1.Cl.Cl. The standard InChI is InChI=1S/C14H21N3O2.2ClH/c1-19-13-5-3-2-4-12(13)16-9-14(18)17-8-11(15)10-6-7-10;;/h2-5,10-11,16H,6-9,15H2,1H3,(H,17,18);2*1H. The van der Waals surface area contributed by atoms with E-state index in [1.165, 1.54) is 12.8 Å². The van der Waals surface area contributed by atoms with Gasteiger partial charge in [-0.05, 0) is 30.9 Å². The lowest BCUT2D eigenvalue weighted by Gasteiger charge is -2.13. The summed E-state index contributed by atoms with van der Waals surface area (Å²) >= 11 is 0. The molecule has 1 aliphatic rings. The number of methoxy groups -OCH3 is 1. The van der Waals surface area contributed by atoms with Crippen LogP contribution in [0, 0.1) is 5.92 Å². The average molecular weight is 336 g/mol. The minimum Gasteiger partial charge on any atom is -0.495 e. The van der Waals surface area contributed by atoms with E-state index in [1.54, 1.807) is 7.11 Å². The molecular weight excluding hydrogens is 313 g/mol. The Morgan fingerprint density at radius 1 is 1.38 bits per heavy atom. The molecule has 21 heavy (non-hydrogen) atoms. The molecule has 0 heterocycles. The van der Waals surface area contributed by atoms with Gasteiger partial charge in [-0.15, -0.1) is 24.8 Å². The van der Waals surface area contributed by atoms with Gasteiger partial charge < -0.3 is 21.1 Å². The maximum Gasteiger partial charge on any atom is 0.239 e. The van der Waals surface area contributed by atoms with E-state index in [1.807, 2.05) is 24.3 Å². The highest BCUT2D eigenvalue weighted by molar-refractivity contribution is 5.85. The Kier molecular flexibility index (Phi) is 9.17. The van der Waals surface area contributed by atoms with Crippen LogP contribution in [-0.2, 0) is 4.79 Å². The summed E-state index contributed by atoms with van der Waals surface area (Å²) in [5, 5.41) is 5.90. The Hall–Kier alpha value is -1.17. The number of anilines is 1. The molecule has 7 heteroatoms. The number of hydrogen-bond acceptors (Lipinski definition) is 4. The molecule has 1 saturated carbocycles. The molecule has 1 unspecified atom stereocenters. The van der Waals surface area contributed by atoms with Crippen molar-refractivity contribution in [3.8, 4) is 5.75 Å². The maximum absolute atomic E-state index is 11.7. The van der Waals surface area contributed by atoms with Crippen LogP contribution in [0.4, 0.5) is 5.69 Å². The van der Waals surface area contributed by atoms with Crippen molar-refractivity contribution in [3.05, 3.63) is 24.3 Å². The van der Waals surface area contributed by atoms with Gasteiger partial charge >= 0.3 is 0 Å². The zero-order valence-corrected chi connectivity index (χ0v) is 13.6. The van der Waals surface area contributed by atoms with Crippen molar-refractivity contribution in [2.75, 3.05) is 25.5 Å². The van der Waals surface area contributed by atoms with E-state index in [0.717, 1.165) is 11.4 Å². The molecule has 2 rings (SSSR count). The van der Waals surface area contributed by atoms with Gasteiger partial charge in [0.1, 0.15) is 5.75 Å². The van der Waals surface area contributed by atoms with Crippen LogP contribution in [0.2, 0.25) is 0 Å². The number of benzene rings is 1. The molecule has 1 fully saturated rings. The van der Waals surface area contributed by atoms with Crippen LogP contribution in [0.15, 0.2) is 24.3 Å². The second-order valence-corrected chi connectivity index (χ2v) is 4.86. The van der Waals surface area contributed by atoms with Crippen LogP contribution in [-0.4, -0.2) is 32.1 Å². The number of nitrogens with two attached hydrogens (primary N) is 1. The molecule has 4 N–H and O–H groups in total. The van der Waals surface area contributed by atoms with Crippen molar-refractivity contribution in [1.29, 1.82) is 0 Å². The molecular formula is C14H23Cl2N3O2. The first-order chi connectivity index (χ1) is 9.20. The number of carbonyl (C=O) groups excluding carboxylic acids is 1.